The lowest BCUT2D eigenvalue weighted by Gasteiger charge is -2.38. The molecule has 100 valence electrons. The Morgan fingerprint density at radius 1 is 1.22 bits per heavy atom. The average Bonchev–Trinajstić information content (AvgIpc) is 2.27. The van der Waals surface area contributed by atoms with Crippen molar-refractivity contribution in [3.8, 4) is 0 Å². The van der Waals surface area contributed by atoms with Crippen LogP contribution in [0.25, 0.3) is 0 Å². The number of nitrogen functional groups attached to an aromatic ring is 2. The predicted molar refractivity (Wildman–Crippen MR) is 70.3 cm³/mol. The Labute approximate surface area is 107 Å². The zero-order valence-electron chi connectivity index (χ0n) is 10.7. The Balaban J connectivity index is 2.11. The van der Waals surface area contributed by atoms with E-state index in [0.29, 0.717) is 30.9 Å². The van der Waals surface area contributed by atoms with Crippen LogP contribution in [0.3, 0.4) is 0 Å². The molecule has 1 aliphatic heterocycles. The van der Waals surface area contributed by atoms with E-state index in [2.05, 4.69) is 26.8 Å². The summed E-state index contributed by atoms with van der Waals surface area (Å²) in [6, 6.07) is 0.373. The summed E-state index contributed by atoms with van der Waals surface area (Å²) in [5.74, 6) is 1.56. The molecule has 1 aromatic rings. The van der Waals surface area contributed by atoms with E-state index >= 15 is 0 Å². The molecule has 1 saturated heterocycles. The Kier molecular flexibility index (Phi) is 3.93. The molecule has 6 N–H and O–H groups in total. The van der Waals surface area contributed by atoms with Gasteiger partial charge >= 0.3 is 0 Å². The minimum absolute atomic E-state index is 0.173. The van der Waals surface area contributed by atoms with Crippen molar-refractivity contribution in [2.45, 2.75) is 32.4 Å². The highest BCUT2D eigenvalue weighted by Gasteiger charge is 2.27. The van der Waals surface area contributed by atoms with Gasteiger partial charge in [0.1, 0.15) is 5.82 Å². The maximum absolute atomic E-state index is 5.85. The quantitative estimate of drug-likeness (QED) is 0.668. The van der Waals surface area contributed by atoms with Crippen LogP contribution >= 0.6 is 0 Å². The molecular formula is C11H21N7. The van der Waals surface area contributed by atoms with Crippen LogP contribution < -0.4 is 17.2 Å². The van der Waals surface area contributed by atoms with E-state index in [1.54, 1.807) is 0 Å². The van der Waals surface area contributed by atoms with Crippen LogP contribution in [0.2, 0.25) is 0 Å². The molecule has 0 amide bonds. The van der Waals surface area contributed by atoms with Crippen LogP contribution in [-0.2, 0) is 6.54 Å². The van der Waals surface area contributed by atoms with E-state index in [-0.39, 0.29) is 11.9 Å². The molecule has 0 spiro atoms. The number of piperidine rings is 1. The Bertz CT molecular complexity index is 388. The zero-order chi connectivity index (χ0) is 13.1. The summed E-state index contributed by atoms with van der Waals surface area (Å²) in [7, 11) is 0. The highest BCUT2D eigenvalue weighted by Crippen LogP contribution is 2.23. The van der Waals surface area contributed by atoms with Gasteiger partial charge in [-0.25, -0.2) is 0 Å². The largest absolute Gasteiger partial charge is 0.368 e. The zero-order valence-corrected chi connectivity index (χ0v) is 10.7. The Hall–Kier alpha value is -1.47. The fourth-order valence-corrected chi connectivity index (χ4v) is 2.62. The predicted octanol–water partition coefficient (Wildman–Crippen LogP) is -0.405. The third kappa shape index (κ3) is 2.85. The number of anilines is 2. The number of aromatic nitrogens is 3. The van der Waals surface area contributed by atoms with Gasteiger partial charge in [0, 0.05) is 12.6 Å². The van der Waals surface area contributed by atoms with Crippen molar-refractivity contribution in [3.05, 3.63) is 5.82 Å². The second-order valence-electron chi connectivity index (χ2n) is 4.86. The van der Waals surface area contributed by atoms with Crippen LogP contribution in [0, 0.1) is 5.92 Å². The monoisotopic (exact) mass is 251 g/mol. The van der Waals surface area contributed by atoms with Gasteiger partial charge in [-0.3, -0.25) is 4.90 Å². The molecule has 0 aromatic carbocycles. The summed E-state index contributed by atoms with van der Waals surface area (Å²) in [6.07, 6.45) is 2.40. The van der Waals surface area contributed by atoms with Gasteiger partial charge in [-0.05, 0) is 25.3 Å². The lowest BCUT2D eigenvalue weighted by molar-refractivity contribution is 0.0964. The summed E-state index contributed by atoms with van der Waals surface area (Å²) < 4.78 is 0. The average molecular weight is 251 g/mol. The molecule has 0 aliphatic carbocycles. The maximum Gasteiger partial charge on any atom is 0.225 e. The number of rotatable bonds is 3. The molecule has 2 unspecified atom stereocenters. The minimum atomic E-state index is 0.173. The van der Waals surface area contributed by atoms with Crippen LogP contribution in [0.4, 0.5) is 11.9 Å². The van der Waals surface area contributed by atoms with Crippen LogP contribution in [0.5, 0.6) is 0 Å². The normalized spacial score (nSPS) is 25.2. The van der Waals surface area contributed by atoms with Crippen LogP contribution in [-0.4, -0.2) is 39.0 Å². The first-order valence-electron chi connectivity index (χ1n) is 6.30. The lowest BCUT2D eigenvalue weighted by Crippen LogP contribution is -2.48. The van der Waals surface area contributed by atoms with Gasteiger partial charge in [0.25, 0.3) is 0 Å². The van der Waals surface area contributed by atoms with Crippen molar-refractivity contribution in [1.29, 1.82) is 0 Å². The topological polar surface area (TPSA) is 120 Å². The van der Waals surface area contributed by atoms with E-state index in [9.17, 15) is 0 Å². The molecule has 0 saturated carbocycles. The van der Waals surface area contributed by atoms with Gasteiger partial charge < -0.3 is 17.2 Å². The van der Waals surface area contributed by atoms with Gasteiger partial charge in [-0.1, -0.05) is 6.92 Å². The van der Waals surface area contributed by atoms with Crippen molar-refractivity contribution in [1.82, 2.24) is 19.9 Å². The van der Waals surface area contributed by atoms with Gasteiger partial charge in [-0.2, -0.15) is 15.0 Å². The first-order chi connectivity index (χ1) is 8.60. The second-order valence-corrected chi connectivity index (χ2v) is 4.86. The first-order valence-corrected chi connectivity index (χ1v) is 6.30. The van der Waals surface area contributed by atoms with E-state index in [4.69, 9.17) is 17.2 Å². The molecule has 7 nitrogen and oxygen atoms in total. The minimum Gasteiger partial charge on any atom is -0.368 e. The van der Waals surface area contributed by atoms with E-state index in [1.165, 1.54) is 12.8 Å². The molecule has 2 rings (SSSR count). The van der Waals surface area contributed by atoms with Crippen molar-refractivity contribution < 1.29 is 0 Å². The SMILES string of the molecule is CC1CCCN(Cc2nc(N)nc(N)n2)C1CN. The molecule has 1 aromatic heterocycles. The molecule has 0 radical (unpaired) electrons. The highest BCUT2D eigenvalue weighted by atomic mass is 15.2. The van der Waals surface area contributed by atoms with Crippen LogP contribution in [0.15, 0.2) is 0 Å². The Morgan fingerprint density at radius 2 is 1.89 bits per heavy atom. The number of nitrogens with two attached hydrogens (primary N) is 3. The molecule has 0 bridgehead atoms. The summed E-state index contributed by atoms with van der Waals surface area (Å²) in [5.41, 5.74) is 17.0. The van der Waals surface area contributed by atoms with E-state index in [1.807, 2.05) is 0 Å². The fraction of sp³-hybridized carbons (Fsp3) is 0.727. The molecule has 1 aliphatic rings. The number of hydrogen-bond donors (Lipinski definition) is 3. The second kappa shape index (κ2) is 5.45. The van der Waals surface area contributed by atoms with Crippen molar-refractivity contribution in [2.75, 3.05) is 24.6 Å². The van der Waals surface area contributed by atoms with Crippen molar-refractivity contribution in [2.24, 2.45) is 11.7 Å². The molecular weight excluding hydrogens is 230 g/mol. The Morgan fingerprint density at radius 3 is 2.50 bits per heavy atom. The van der Waals surface area contributed by atoms with Gasteiger partial charge in [0.15, 0.2) is 0 Å². The maximum atomic E-state index is 5.85. The van der Waals surface area contributed by atoms with Gasteiger partial charge in [-0.15, -0.1) is 0 Å². The lowest BCUT2D eigenvalue weighted by atomic mass is 9.91. The molecule has 7 heteroatoms. The van der Waals surface area contributed by atoms with Crippen LogP contribution in [0.1, 0.15) is 25.6 Å². The van der Waals surface area contributed by atoms with Gasteiger partial charge in [0.05, 0.1) is 6.54 Å². The summed E-state index contributed by atoms with van der Waals surface area (Å²) in [6.45, 7) is 4.53. The number of nitrogens with zero attached hydrogens (tertiary/aromatic N) is 4. The highest BCUT2D eigenvalue weighted by molar-refractivity contribution is 5.25. The fourth-order valence-electron chi connectivity index (χ4n) is 2.62. The van der Waals surface area contributed by atoms with Crippen molar-refractivity contribution >= 4 is 11.9 Å². The molecule has 2 heterocycles. The number of likely N-dealkylation sites (tertiary alicyclic amines) is 1. The smallest absolute Gasteiger partial charge is 0.225 e. The van der Waals surface area contributed by atoms with E-state index in [0.717, 1.165) is 6.54 Å². The number of hydrogen-bond acceptors (Lipinski definition) is 7. The van der Waals surface area contributed by atoms with Gasteiger partial charge in [0.2, 0.25) is 11.9 Å². The summed E-state index contributed by atoms with van der Waals surface area (Å²) in [5, 5.41) is 0. The molecule has 2 atom stereocenters. The van der Waals surface area contributed by atoms with Crippen molar-refractivity contribution in [3.63, 3.8) is 0 Å². The third-order valence-corrected chi connectivity index (χ3v) is 3.53. The molecule has 18 heavy (non-hydrogen) atoms. The third-order valence-electron chi connectivity index (χ3n) is 3.53. The summed E-state index contributed by atoms with van der Waals surface area (Å²) >= 11 is 0. The summed E-state index contributed by atoms with van der Waals surface area (Å²) in [4.78, 5) is 14.3. The van der Waals surface area contributed by atoms with E-state index < -0.39 is 0 Å². The molecule has 1 fully saturated rings. The first kappa shape index (κ1) is 13.0. The standard InChI is InChI=1S/C11H21N7/c1-7-3-2-4-18(8(7)5-12)6-9-15-10(13)17-11(14)16-9/h7-8H,2-6,12H2,1H3,(H4,13,14,15,16,17).